The zero-order valence-corrected chi connectivity index (χ0v) is 16.9. The minimum Gasteiger partial charge on any atom is -0.459 e. The molecule has 0 spiro atoms. The maximum Gasteiger partial charge on any atom is 0.338 e. The number of hydrogen-bond donors (Lipinski definition) is 0. The molecule has 3 aromatic rings. The van der Waals surface area contributed by atoms with Gasteiger partial charge >= 0.3 is 5.97 Å². The highest BCUT2D eigenvalue weighted by molar-refractivity contribution is 5.90. The molecule has 0 fully saturated rings. The van der Waals surface area contributed by atoms with Crippen LogP contribution < -0.4 is 0 Å². The number of halogens is 1. The van der Waals surface area contributed by atoms with Crippen LogP contribution in [0.2, 0.25) is 0 Å². The Morgan fingerprint density at radius 2 is 1.93 bits per heavy atom. The largest absolute Gasteiger partial charge is 0.459 e. The molecular formula is C21H22FN5O3. The van der Waals surface area contributed by atoms with E-state index in [1.165, 1.54) is 11.0 Å². The van der Waals surface area contributed by atoms with Gasteiger partial charge in [-0.15, -0.1) is 10.2 Å². The van der Waals surface area contributed by atoms with Crippen LogP contribution in [0.3, 0.4) is 0 Å². The second-order valence-corrected chi connectivity index (χ2v) is 7.02. The molecule has 0 atom stereocenters. The van der Waals surface area contributed by atoms with Gasteiger partial charge in [-0.1, -0.05) is 30.3 Å². The lowest BCUT2D eigenvalue weighted by molar-refractivity contribution is -0.131. The van der Waals surface area contributed by atoms with Crippen LogP contribution in [-0.4, -0.2) is 50.1 Å². The number of tetrazole rings is 1. The van der Waals surface area contributed by atoms with Crippen LogP contribution in [0.5, 0.6) is 0 Å². The quantitative estimate of drug-likeness (QED) is 0.556. The van der Waals surface area contributed by atoms with E-state index in [0.717, 1.165) is 4.80 Å². The Kier molecular flexibility index (Phi) is 6.51. The van der Waals surface area contributed by atoms with Crippen molar-refractivity contribution >= 4 is 11.9 Å². The van der Waals surface area contributed by atoms with Gasteiger partial charge < -0.3 is 9.64 Å². The Morgan fingerprint density at radius 1 is 1.17 bits per heavy atom. The molecule has 0 bridgehead atoms. The summed E-state index contributed by atoms with van der Waals surface area (Å²) < 4.78 is 19.0. The van der Waals surface area contributed by atoms with Crippen molar-refractivity contribution in [3.63, 3.8) is 0 Å². The molecule has 0 N–H and O–H groups in total. The molecule has 0 radical (unpaired) electrons. The van der Waals surface area contributed by atoms with Crippen LogP contribution in [-0.2, 0) is 22.6 Å². The van der Waals surface area contributed by atoms with E-state index in [9.17, 15) is 14.0 Å². The van der Waals surface area contributed by atoms with E-state index in [1.54, 1.807) is 63.4 Å². The van der Waals surface area contributed by atoms with Crippen LogP contribution in [0, 0.1) is 5.82 Å². The van der Waals surface area contributed by atoms with Gasteiger partial charge in [0.05, 0.1) is 11.7 Å². The maximum atomic E-state index is 13.8. The number of aromatic nitrogens is 4. The standard InChI is InChI=1S/C21H22FN5O3/c1-14(2)30-21(29)16-9-6-8-15(11-16)20-23-25-27(24-20)13-19(28)26(3)12-17-7-4-5-10-18(17)22/h4-11,14H,12-13H2,1-3H3. The predicted octanol–water partition coefficient (Wildman–Crippen LogP) is 2.70. The first-order valence-corrected chi connectivity index (χ1v) is 9.40. The lowest BCUT2D eigenvalue weighted by Gasteiger charge is -2.17. The molecule has 0 aliphatic rings. The Bertz CT molecular complexity index is 1050. The van der Waals surface area contributed by atoms with Gasteiger partial charge in [-0.3, -0.25) is 4.79 Å². The van der Waals surface area contributed by atoms with Crippen LogP contribution in [0.15, 0.2) is 48.5 Å². The Hall–Kier alpha value is -3.62. The number of likely N-dealkylation sites (N-methyl/N-ethyl adjacent to an activating group) is 1. The van der Waals surface area contributed by atoms with Gasteiger partial charge in [-0.05, 0) is 37.3 Å². The zero-order valence-electron chi connectivity index (χ0n) is 16.9. The zero-order chi connectivity index (χ0) is 21.7. The number of rotatable bonds is 7. The third-order valence-corrected chi connectivity index (χ3v) is 4.22. The summed E-state index contributed by atoms with van der Waals surface area (Å²) in [5.74, 6) is -0.825. The number of carbonyl (C=O) groups is 2. The van der Waals surface area contributed by atoms with Gasteiger partial charge in [0.15, 0.2) is 0 Å². The van der Waals surface area contributed by atoms with E-state index in [-0.39, 0.29) is 36.7 Å². The fourth-order valence-corrected chi connectivity index (χ4v) is 2.71. The van der Waals surface area contributed by atoms with Crippen molar-refractivity contribution in [2.75, 3.05) is 7.05 Å². The fraction of sp³-hybridized carbons (Fsp3) is 0.286. The monoisotopic (exact) mass is 411 g/mol. The summed E-state index contributed by atoms with van der Waals surface area (Å²) in [4.78, 5) is 27.1. The van der Waals surface area contributed by atoms with Gasteiger partial charge in [0.25, 0.3) is 0 Å². The molecule has 2 aromatic carbocycles. The predicted molar refractivity (Wildman–Crippen MR) is 107 cm³/mol. The van der Waals surface area contributed by atoms with E-state index in [2.05, 4.69) is 15.4 Å². The third kappa shape index (κ3) is 5.25. The average molecular weight is 411 g/mol. The van der Waals surface area contributed by atoms with E-state index in [1.807, 2.05) is 0 Å². The van der Waals surface area contributed by atoms with Crippen molar-refractivity contribution in [1.82, 2.24) is 25.1 Å². The molecule has 0 saturated carbocycles. The number of benzene rings is 2. The molecule has 3 rings (SSSR count). The first-order valence-electron chi connectivity index (χ1n) is 9.40. The Balaban J connectivity index is 1.67. The Morgan fingerprint density at radius 3 is 2.67 bits per heavy atom. The molecule has 0 aliphatic carbocycles. The van der Waals surface area contributed by atoms with Crippen LogP contribution in [0.4, 0.5) is 4.39 Å². The normalized spacial score (nSPS) is 10.8. The second kappa shape index (κ2) is 9.25. The van der Waals surface area contributed by atoms with E-state index >= 15 is 0 Å². The minimum absolute atomic E-state index is 0.132. The second-order valence-electron chi connectivity index (χ2n) is 7.02. The highest BCUT2D eigenvalue weighted by atomic mass is 19.1. The molecule has 0 unspecified atom stereocenters. The van der Waals surface area contributed by atoms with Crippen molar-refractivity contribution < 1.29 is 18.7 Å². The van der Waals surface area contributed by atoms with Gasteiger partial charge in [0.2, 0.25) is 11.7 Å². The number of nitrogens with zero attached hydrogens (tertiary/aromatic N) is 5. The maximum absolute atomic E-state index is 13.8. The summed E-state index contributed by atoms with van der Waals surface area (Å²) in [5, 5.41) is 12.1. The van der Waals surface area contributed by atoms with E-state index in [0.29, 0.717) is 16.7 Å². The van der Waals surface area contributed by atoms with Crippen LogP contribution in [0.1, 0.15) is 29.8 Å². The highest BCUT2D eigenvalue weighted by Gasteiger charge is 2.16. The van der Waals surface area contributed by atoms with Crippen molar-refractivity contribution in [2.24, 2.45) is 0 Å². The van der Waals surface area contributed by atoms with Crippen molar-refractivity contribution in [3.8, 4) is 11.4 Å². The van der Waals surface area contributed by atoms with Gasteiger partial charge in [-0.25, -0.2) is 9.18 Å². The highest BCUT2D eigenvalue weighted by Crippen LogP contribution is 2.17. The molecular weight excluding hydrogens is 389 g/mol. The third-order valence-electron chi connectivity index (χ3n) is 4.22. The topological polar surface area (TPSA) is 90.2 Å². The molecule has 30 heavy (non-hydrogen) atoms. The average Bonchev–Trinajstić information content (AvgIpc) is 3.17. The number of hydrogen-bond acceptors (Lipinski definition) is 6. The molecule has 1 amide bonds. The van der Waals surface area contributed by atoms with Crippen LogP contribution >= 0.6 is 0 Å². The summed E-state index contributed by atoms with van der Waals surface area (Å²) in [6.07, 6.45) is -0.229. The summed E-state index contributed by atoms with van der Waals surface area (Å²) in [6.45, 7) is 3.53. The van der Waals surface area contributed by atoms with Crippen molar-refractivity contribution in [3.05, 3.63) is 65.5 Å². The fourth-order valence-electron chi connectivity index (χ4n) is 2.71. The van der Waals surface area contributed by atoms with E-state index < -0.39 is 5.97 Å². The lowest BCUT2D eigenvalue weighted by atomic mass is 10.1. The lowest BCUT2D eigenvalue weighted by Crippen LogP contribution is -2.30. The van der Waals surface area contributed by atoms with Crippen LogP contribution in [0.25, 0.3) is 11.4 Å². The molecule has 0 aliphatic heterocycles. The van der Waals surface area contributed by atoms with Gasteiger partial charge in [0.1, 0.15) is 12.4 Å². The number of esters is 1. The molecule has 8 nitrogen and oxygen atoms in total. The van der Waals surface area contributed by atoms with Crippen molar-refractivity contribution in [2.45, 2.75) is 33.0 Å². The SMILES string of the molecule is CC(C)OC(=O)c1cccc(-c2nnn(CC(=O)N(C)Cc3ccccc3F)n2)c1. The summed E-state index contributed by atoms with van der Waals surface area (Å²) in [7, 11) is 1.58. The smallest absolute Gasteiger partial charge is 0.338 e. The van der Waals surface area contributed by atoms with Crippen molar-refractivity contribution in [1.29, 1.82) is 0 Å². The molecule has 1 heterocycles. The first kappa shape index (κ1) is 21.1. The minimum atomic E-state index is -0.441. The molecule has 1 aromatic heterocycles. The molecule has 156 valence electrons. The molecule has 0 saturated heterocycles. The van der Waals surface area contributed by atoms with Gasteiger partial charge in [-0.2, -0.15) is 4.80 Å². The summed E-state index contributed by atoms with van der Waals surface area (Å²) >= 11 is 0. The van der Waals surface area contributed by atoms with E-state index in [4.69, 9.17) is 4.74 Å². The number of carbonyl (C=O) groups excluding carboxylic acids is 2. The summed E-state index contributed by atoms with van der Waals surface area (Å²) in [6, 6.07) is 13.0. The summed E-state index contributed by atoms with van der Waals surface area (Å²) in [5.41, 5.74) is 1.37. The number of amides is 1. The Labute approximate surface area is 173 Å². The van der Waals surface area contributed by atoms with Gasteiger partial charge in [0, 0.05) is 24.7 Å². The first-order chi connectivity index (χ1) is 14.3. The number of ether oxygens (including phenoxy) is 1. The molecule has 9 heteroatoms.